The van der Waals surface area contributed by atoms with Crippen LogP contribution in [-0.4, -0.2) is 31.2 Å². The molecule has 0 aliphatic carbocycles. The zero-order chi connectivity index (χ0) is 18.7. The van der Waals surface area contributed by atoms with Gasteiger partial charge >= 0.3 is 0 Å². The average molecular weight is 410 g/mol. The molecule has 0 radical (unpaired) electrons. The number of amides is 1. The quantitative estimate of drug-likeness (QED) is 0.755. The Bertz CT molecular complexity index is 901. The van der Waals surface area contributed by atoms with E-state index in [-0.39, 0.29) is 29.3 Å². The first-order valence-electron chi connectivity index (χ1n) is 8.67. The number of para-hydroxylation sites is 2. The third-order valence-corrected chi connectivity index (χ3v) is 6.70. The molecule has 0 saturated carbocycles. The summed E-state index contributed by atoms with van der Waals surface area (Å²) in [6, 6.07) is 13.0. The van der Waals surface area contributed by atoms with Gasteiger partial charge in [-0.15, -0.1) is 12.4 Å². The molecule has 3 rings (SSSR count). The van der Waals surface area contributed by atoms with Crippen LogP contribution in [0.3, 0.4) is 0 Å². The molecular formula is C19H24ClN3O3S. The van der Waals surface area contributed by atoms with E-state index in [1.165, 1.54) is 24.3 Å². The lowest BCUT2D eigenvalue weighted by molar-refractivity contribution is 0.102. The van der Waals surface area contributed by atoms with E-state index in [4.69, 9.17) is 5.73 Å². The number of halogens is 1. The molecule has 1 atom stereocenters. The van der Waals surface area contributed by atoms with E-state index >= 15 is 0 Å². The molecule has 0 spiro atoms. The van der Waals surface area contributed by atoms with Crippen LogP contribution in [0.15, 0.2) is 53.4 Å². The summed E-state index contributed by atoms with van der Waals surface area (Å²) >= 11 is 0. The second-order valence-electron chi connectivity index (χ2n) is 6.53. The Hall–Kier alpha value is -2.09. The molecule has 1 unspecified atom stereocenters. The van der Waals surface area contributed by atoms with Crippen LogP contribution in [0, 0.1) is 0 Å². The van der Waals surface area contributed by atoms with Crippen molar-refractivity contribution < 1.29 is 13.2 Å². The number of nitrogens with zero attached hydrogens (tertiary/aromatic N) is 1. The van der Waals surface area contributed by atoms with Gasteiger partial charge in [0.2, 0.25) is 10.0 Å². The number of nitrogens with one attached hydrogen (secondary N) is 1. The monoisotopic (exact) mass is 409 g/mol. The van der Waals surface area contributed by atoms with Crippen LogP contribution >= 0.6 is 12.4 Å². The van der Waals surface area contributed by atoms with Crippen molar-refractivity contribution >= 4 is 39.7 Å². The minimum atomic E-state index is -3.54. The summed E-state index contributed by atoms with van der Waals surface area (Å²) in [4.78, 5) is 12.6. The van der Waals surface area contributed by atoms with Gasteiger partial charge < -0.3 is 11.1 Å². The number of nitrogens with two attached hydrogens (primary N) is 1. The van der Waals surface area contributed by atoms with E-state index in [9.17, 15) is 13.2 Å². The van der Waals surface area contributed by atoms with Gasteiger partial charge in [0, 0.05) is 18.2 Å². The largest absolute Gasteiger partial charge is 0.397 e. The maximum absolute atomic E-state index is 12.8. The van der Waals surface area contributed by atoms with Crippen LogP contribution in [0.1, 0.15) is 36.5 Å². The number of rotatable bonds is 4. The lowest BCUT2D eigenvalue weighted by Gasteiger charge is -2.32. The Kier molecular flexibility index (Phi) is 6.86. The summed E-state index contributed by atoms with van der Waals surface area (Å²) in [6.07, 6.45) is 2.80. The molecule has 0 aromatic heterocycles. The number of hydrogen-bond donors (Lipinski definition) is 2. The first-order valence-corrected chi connectivity index (χ1v) is 10.1. The Balaban J connectivity index is 0.00000261. The van der Waals surface area contributed by atoms with Crippen LogP contribution in [0.2, 0.25) is 0 Å². The molecule has 6 nitrogen and oxygen atoms in total. The first kappa shape index (κ1) is 21.2. The minimum Gasteiger partial charge on any atom is -0.397 e. The highest BCUT2D eigenvalue weighted by Crippen LogP contribution is 2.25. The molecule has 146 valence electrons. The second kappa shape index (κ2) is 8.73. The molecule has 2 aromatic carbocycles. The van der Waals surface area contributed by atoms with Gasteiger partial charge in [-0.2, -0.15) is 4.31 Å². The van der Waals surface area contributed by atoms with E-state index in [2.05, 4.69) is 5.32 Å². The van der Waals surface area contributed by atoms with Crippen LogP contribution in [0.4, 0.5) is 11.4 Å². The van der Waals surface area contributed by atoms with E-state index in [1.54, 1.807) is 28.6 Å². The molecule has 8 heteroatoms. The number of sulfonamides is 1. The van der Waals surface area contributed by atoms with E-state index in [1.807, 2.05) is 6.92 Å². The fourth-order valence-corrected chi connectivity index (χ4v) is 4.85. The third kappa shape index (κ3) is 4.61. The summed E-state index contributed by atoms with van der Waals surface area (Å²) in [7, 11) is -3.54. The summed E-state index contributed by atoms with van der Waals surface area (Å²) in [6.45, 7) is 2.47. The van der Waals surface area contributed by atoms with Crippen molar-refractivity contribution in [2.75, 3.05) is 17.6 Å². The lowest BCUT2D eigenvalue weighted by Crippen LogP contribution is -2.41. The molecule has 27 heavy (non-hydrogen) atoms. The van der Waals surface area contributed by atoms with Crippen molar-refractivity contribution in [3.05, 3.63) is 54.1 Å². The molecule has 0 bridgehead atoms. The molecule has 1 heterocycles. The summed E-state index contributed by atoms with van der Waals surface area (Å²) in [5.41, 5.74) is 7.19. The SMILES string of the molecule is CC1CCCCN1S(=O)(=O)c1ccc(C(=O)Nc2ccccc2N)cc1.Cl. The number of carbonyl (C=O) groups excluding carboxylic acids is 1. The van der Waals surface area contributed by atoms with E-state index in [0.29, 0.717) is 23.5 Å². The highest BCUT2D eigenvalue weighted by Gasteiger charge is 2.30. The van der Waals surface area contributed by atoms with Gasteiger partial charge in [0.15, 0.2) is 0 Å². The summed E-state index contributed by atoms with van der Waals surface area (Å²) < 4.78 is 27.2. The van der Waals surface area contributed by atoms with Crippen LogP contribution in [-0.2, 0) is 10.0 Å². The predicted molar refractivity (Wildman–Crippen MR) is 110 cm³/mol. The highest BCUT2D eigenvalue weighted by molar-refractivity contribution is 7.89. The van der Waals surface area contributed by atoms with Crippen molar-refractivity contribution in [1.82, 2.24) is 4.31 Å². The predicted octanol–water partition coefficient (Wildman–Crippen LogP) is 3.51. The maximum Gasteiger partial charge on any atom is 0.255 e. The number of carbonyl (C=O) groups is 1. The van der Waals surface area contributed by atoms with E-state index in [0.717, 1.165) is 19.3 Å². The molecule has 2 aromatic rings. The zero-order valence-corrected chi connectivity index (χ0v) is 16.7. The number of anilines is 2. The van der Waals surface area contributed by atoms with Crippen LogP contribution in [0.5, 0.6) is 0 Å². The van der Waals surface area contributed by atoms with Crippen LogP contribution < -0.4 is 11.1 Å². The zero-order valence-electron chi connectivity index (χ0n) is 15.1. The molecule has 1 aliphatic heterocycles. The molecule has 1 fully saturated rings. The number of benzene rings is 2. The lowest BCUT2D eigenvalue weighted by atomic mass is 10.1. The maximum atomic E-state index is 12.8. The standard InChI is InChI=1S/C19H23N3O3S.ClH/c1-14-6-4-5-13-22(14)26(24,25)16-11-9-15(10-12-16)19(23)21-18-8-3-2-7-17(18)20;/h2-3,7-12,14H,4-6,13,20H2,1H3,(H,21,23);1H. The summed E-state index contributed by atoms with van der Waals surface area (Å²) in [5.74, 6) is -0.335. The Morgan fingerprint density at radius 3 is 2.41 bits per heavy atom. The van der Waals surface area contributed by atoms with Gasteiger partial charge in [0.05, 0.1) is 16.3 Å². The molecule has 1 aliphatic rings. The number of nitrogen functional groups attached to an aromatic ring is 1. The number of hydrogen-bond acceptors (Lipinski definition) is 4. The van der Waals surface area contributed by atoms with E-state index < -0.39 is 10.0 Å². The van der Waals surface area contributed by atoms with Crippen molar-refractivity contribution in [2.45, 2.75) is 37.1 Å². The normalized spacial score (nSPS) is 17.7. The molecular weight excluding hydrogens is 386 g/mol. The van der Waals surface area contributed by atoms with Gasteiger partial charge in [0.1, 0.15) is 0 Å². The fraction of sp³-hybridized carbons (Fsp3) is 0.316. The fourth-order valence-electron chi connectivity index (χ4n) is 3.15. The van der Waals surface area contributed by atoms with Gasteiger partial charge in [-0.05, 0) is 56.2 Å². The minimum absolute atomic E-state index is 0. The van der Waals surface area contributed by atoms with Gasteiger partial charge in [-0.1, -0.05) is 18.6 Å². The molecule has 1 amide bonds. The molecule has 3 N–H and O–H groups in total. The highest BCUT2D eigenvalue weighted by atomic mass is 35.5. The Morgan fingerprint density at radius 1 is 1.11 bits per heavy atom. The Morgan fingerprint density at radius 2 is 1.78 bits per heavy atom. The van der Waals surface area contributed by atoms with Crippen molar-refractivity contribution in [2.24, 2.45) is 0 Å². The molecule has 1 saturated heterocycles. The second-order valence-corrected chi connectivity index (χ2v) is 8.42. The summed E-state index contributed by atoms with van der Waals surface area (Å²) in [5, 5.41) is 2.73. The van der Waals surface area contributed by atoms with Gasteiger partial charge in [0.25, 0.3) is 5.91 Å². The number of piperidine rings is 1. The average Bonchev–Trinajstić information content (AvgIpc) is 2.64. The van der Waals surface area contributed by atoms with Gasteiger partial charge in [-0.25, -0.2) is 8.42 Å². The van der Waals surface area contributed by atoms with Crippen molar-refractivity contribution in [3.8, 4) is 0 Å². The first-order chi connectivity index (χ1) is 12.4. The smallest absolute Gasteiger partial charge is 0.255 e. The Labute approximate surface area is 166 Å². The van der Waals surface area contributed by atoms with Crippen molar-refractivity contribution in [1.29, 1.82) is 0 Å². The third-order valence-electron chi connectivity index (χ3n) is 4.67. The van der Waals surface area contributed by atoms with Gasteiger partial charge in [-0.3, -0.25) is 4.79 Å². The van der Waals surface area contributed by atoms with Crippen LogP contribution in [0.25, 0.3) is 0 Å². The van der Waals surface area contributed by atoms with Crippen molar-refractivity contribution in [3.63, 3.8) is 0 Å². The topological polar surface area (TPSA) is 92.5 Å².